The Labute approximate surface area is 251 Å². The molecule has 8 nitrogen and oxygen atoms in total. The van der Waals surface area contributed by atoms with E-state index in [1.165, 1.54) is 12.1 Å². The summed E-state index contributed by atoms with van der Waals surface area (Å²) in [5.41, 5.74) is 2.36. The maximum Gasteiger partial charge on any atom is 0.258 e. The Bertz CT molecular complexity index is 1420. The number of amides is 2. The molecule has 42 heavy (non-hydrogen) atoms. The van der Waals surface area contributed by atoms with Gasteiger partial charge in [-0.15, -0.1) is 0 Å². The number of carbonyl (C=O) groups excluding carboxylic acids is 2. The van der Waals surface area contributed by atoms with Crippen LogP contribution >= 0.6 is 11.6 Å². The first kappa shape index (κ1) is 29.8. The zero-order valence-electron chi connectivity index (χ0n) is 24.0. The summed E-state index contributed by atoms with van der Waals surface area (Å²) in [7, 11) is 0. The average molecular weight is 595 g/mol. The van der Waals surface area contributed by atoms with Gasteiger partial charge in [-0.2, -0.15) is 0 Å². The van der Waals surface area contributed by atoms with Crippen LogP contribution in [0.5, 0.6) is 11.5 Å². The van der Waals surface area contributed by atoms with Crippen LogP contribution in [0.15, 0.2) is 54.9 Å². The summed E-state index contributed by atoms with van der Waals surface area (Å²) in [5.74, 6) is 0.275. The number of halogens is 2. The number of benzene rings is 2. The van der Waals surface area contributed by atoms with E-state index in [-0.39, 0.29) is 30.8 Å². The number of ether oxygens (including phenoxy) is 2. The molecule has 2 aliphatic rings. The number of fused-ring (bicyclic) bond motifs is 2. The Balaban J connectivity index is 1.48. The van der Waals surface area contributed by atoms with Crippen molar-refractivity contribution in [2.45, 2.75) is 45.7 Å². The molecule has 5 rings (SSSR count). The van der Waals surface area contributed by atoms with E-state index in [4.69, 9.17) is 21.1 Å². The lowest BCUT2D eigenvalue weighted by atomic mass is 10.1. The maximum atomic E-state index is 14.7. The maximum absolute atomic E-state index is 14.7. The second kappa shape index (κ2) is 13.5. The van der Waals surface area contributed by atoms with Crippen molar-refractivity contribution in [2.24, 2.45) is 0 Å². The van der Waals surface area contributed by atoms with Crippen LogP contribution < -0.4 is 14.4 Å². The molecule has 3 heterocycles. The van der Waals surface area contributed by atoms with Crippen LogP contribution in [0.25, 0.3) is 0 Å². The number of rotatable bonds is 4. The first-order chi connectivity index (χ1) is 20.3. The molecule has 0 saturated heterocycles. The molecule has 2 amide bonds. The molecular formula is C32H36ClFN4O4. The molecule has 0 bridgehead atoms. The van der Waals surface area contributed by atoms with Crippen LogP contribution in [0.4, 0.5) is 10.1 Å². The first-order valence-corrected chi connectivity index (χ1v) is 14.8. The highest BCUT2D eigenvalue weighted by Crippen LogP contribution is 2.38. The fraction of sp³-hybridized carbons (Fsp3) is 0.406. The summed E-state index contributed by atoms with van der Waals surface area (Å²) >= 11 is 6.51. The van der Waals surface area contributed by atoms with Gasteiger partial charge in [-0.3, -0.25) is 19.5 Å². The average Bonchev–Trinajstić information content (AvgIpc) is 3.24. The molecule has 0 radical (unpaired) electrons. The highest BCUT2D eigenvalue weighted by molar-refractivity contribution is 6.32. The first-order valence-electron chi connectivity index (χ1n) is 14.4. The van der Waals surface area contributed by atoms with E-state index in [0.29, 0.717) is 71.7 Å². The molecule has 0 atom stereocenters. The van der Waals surface area contributed by atoms with E-state index in [1.54, 1.807) is 52.5 Å². The van der Waals surface area contributed by atoms with Crippen molar-refractivity contribution in [3.63, 3.8) is 0 Å². The lowest BCUT2D eigenvalue weighted by molar-refractivity contribution is -0.131. The number of hydrogen-bond acceptors (Lipinski definition) is 6. The van der Waals surface area contributed by atoms with Crippen LogP contribution in [0.3, 0.4) is 0 Å². The number of nitrogens with zero attached hydrogens (tertiary/aromatic N) is 4. The van der Waals surface area contributed by atoms with E-state index in [9.17, 15) is 14.0 Å². The Morgan fingerprint density at radius 2 is 1.76 bits per heavy atom. The highest BCUT2D eigenvalue weighted by Gasteiger charge is 2.26. The van der Waals surface area contributed by atoms with Gasteiger partial charge < -0.3 is 19.3 Å². The van der Waals surface area contributed by atoms with Crippen molar-refractivity contribution in [2.75, 3.05) is 44.3 Å². The zero-order chi connectivity index (χ0) is 29.6. The van der Waals surface area contributed by atoms with Gasteiger partial charge in [0.2, 0.25) is 5.91 Å². The van der Waals surface area contributed by atoms with Crippen molar-refractivity contribution in [1.82, 2.24) is 14.8 Å². The van der Waals surface area contributed by atoms with Crippen molar-refractivity contribution in [3.05, 3.63) is 82.4 Å². The summed E-state index contributed by atoms with van der Waals surface area (Å²) < 4.78 is 26.2. The molecule has 0 unspecified atom stereocenters. The third-order valence-electron chi connectivity index (χ3n) is 7.65. The largest absolute Gasteiger partial charge is 0.489 e. The number of anilines is 1. The highest BCUT2D eigenvalue weighted by atomic mass is 35.5. The van der Waals surface area contributed by atoms with Gasteiger partial charge in [0.25, 0.3) is 5.91 Å². The van der Waals surface area contributed by atoms with Gasteiger partial charge >= 0.3 is 0 Å². The monoisotopic (exact) mass is 594 g/mol. The summed E-state index contributed by atoms with van der Waals surface area (Å²) in [4.78, 5) is 37.4. The van der Waals surface area contributed by atoms with Crippen molar-refractivity contribution < 1.29 is 23.5 Å². The number of aromatic nitrogens is 1. The quantitative estimate of drug-likeness (QED) is 0.404. The lowest BCUT2D eigenvalue weighted by Crippen LogP contribution is -2.42. The van der Waals surface area contributed by atoms with E-state index in [1.807, 2.05) is 0 Å². The second-order valence-electron chi connectivity index (χ2n) is 10.9. The minimum atomic E-state index is -0.425. The molecule has 3 aromatic rings. The molecule has 2 aromatic carbocycles. The van der Waals surface area contributed by atoms with Gasteiger partial charge in [-0.05, 0) is 73.9 Å². The third kappa shape index (κ3) is 7.02. The molecule has 0 aliphatic carbocycles. The summed E-state index contributed by atoms with van der Waals surface area (Å²) in [5, 5.41) is 0.401. The predicted molar refractivity (Wildman–Crippen MR) is 160 cm³/mol. The summed E-state index contributed by atoms with van der Waals surface area (Å²) in [6, 6.07) is 11.5. The van der Waals surface area contributed by atoms with Crippen molar-refractivity contribution in [3.8, 4) is 11.5 Å². The van der Waals surface area contributed by atoms with Gasteiger partial charge in [0.15, 0.2) is 11.5 Å². The SMILES string of the molecule is CC(C)N1CCCN(C(=O)c2ccncc2)c2ccc(F)cc2CN(C(=O)Cc2cc(Cl)c3c(c2)OCCCO3)CC1. The molecule has 0 N–H and O–H groups in total. The Kier molecular flexibility index (Phi) is 9.59. The number of carbonyl (C=O) groups is 2. The molecular weight excluding hydrogens is 559 g/mol. The Hall–Kier alpha value is -3.69. The van der Waals surface area contributed by atoms with E-state index in [2.05, 4.69) is 23.7 Å². The van der Waals surface area contributed by atoms with Crippen molar-refractivity contribution >= 4 is 29.1 Å². The fourth-order valence-corrected chi connectivity index (χ4v) is 5.69. The fourth-order valence-electron chi connectivity index (χ4n) is 5.41. The molecule has 1 aromatic heterocycles. The molecule has 0 fully saturated rings. The topological polar surface area (TPSA) is 75.2 Å². The zero-order valence-corrected chi connectivity index (χ0v) is 24.8. The van der Waals surface area contributed by atoms with Gasteiger partial charge in [0, 0.05) is 68.8 Å². The van der Waals surface area contributed by atoms with Crippen LogP contribution in [0, 0.1) is 5.82 Å². The van der Waals surface area contributed by atoms with E-state index < -0.39 is 5.82 Å². The third-order valence-corrected chi connectivity index (χ3v) is 7.93. The van der Waals surface area contributed by atoms with Gasteiger partial charge in [0.05, 0.1) is 24.7 Å². The van der Waals surface area contributed by atoms with Crippen LogP contribution in [-0.4, -0.2) is 72.0 Å². The minimum absolute atomic E-state index is 0.0857. The molecule has 0 saturated carbocycles. The summed E-state index contributed by atoms with van der Waals surface area (Å²) in [6.07, 6.45) is 4.71. The molecule has 222 valence electrons. The molecule has 10 heteroatoms. The lowest BCUT2D eigenvalue weighted by Gasteiger charge is -2.30. The van der Waals surface area contributed by atoms with Crippen LogP contribution in [0.2, 0.25) is 5.02 Å². The predicted octanol–water partition coefficient (Wildman–Crippen LogP) is 5.37. The summed E-state index contributed by atoms with van der Waals surface area (Å²) in [6.45, 7) is 7.71. The van der Waals surface area contributed by atoms with Crippen LogP contribution in [0.1, 0.15) is 48.2 Å². The molecule has 0 spiro atoms. The number of hydrogen-bond donors (Lipinski definition) is 0. The van der Waals surface area contributed by atoms with E-state index >= 15 is 0 Å². The minimum Gasteiger partial charge on any atom is -0.489 e. The van der Waals surface area contributed by atoms with Gasteiger partial charge in [-0.1, -0.05) is 11.6 Å². The van der Waals surface area contributed by atoms with E-state index in [0.717, 1.165) is 19.4 Å². The van der Waals surface area contributed by atoms with Crippen LogP contribution in [-0.2, 0) is 17.8 Å². The second-order valence-corrected chi connectivity index (χ2v) is 11.3. The Morgan fingerprint density at radius 1 is 0.976 bits per heavy atom. The normalized spacial score (nSPS) is 16.4. The number of pyridine rings is 1. The smallest absolute Gasteiger partial charge is 0.258 e. The standard InChI is InChI=1S/C32H36ClFN4O4/c1-22(2)36-11-3-12-38(32(40)24-7-9-35-10-8-24)28-6-5-26(34)20-25(28)21-37(14-13-36)30(39)19-23-17-27(33)31-29(18-23)41-15-4-16-42-31/h5-10,17-18,20,22H,3-4,11-16,19,21H2,1-2H3. The van der Waals surface area contributed by atoms with Gasteiger partial charge in [-0.25, -0.2) is 4.39 Å². The Morgan fingerprint density at radius 3 is 2.55 bits per heavy atom. The van der Waals surface area contributed by atoms with Gasteiger partial charge in [0.1, 0.15) is 5.82 Å². The van der Waals surface area contributed by atoms with Crippen molar-refractivity contribution in [1.29, 1.82) is 0 Å². The molecule has 2 aliphatic heterocycles.